The van der Waals surface area contributed by atoms with E-state index in [4.69, 9.17) is 17.0 Å². The number of hydrogen-bond donors (Lipinski definition) is 1. The summed E-state index contributed by atoms with van der Waals surface area (Å²) < 4.78 is 6.50. The maximum absolute atomic E-state index is 5.81. The third kappa shape index (κ3) is 2.93. The minimum Gasteiger partial charge on any atom is -0.368 e. The van der Waals surface area contributed by atoms with E-state index >= 15 is 0 Å². The van der Waals surface area contributed by atoms with E-state index in [-0.39, 0.29) is 5.60 Å². The normalized spacial score (nSPS) is 14.6. The van der Waals surface area contributed by atoms with Crippen molar-refractivity contribution in [3.05, 3.63) is 21.7 Å². The van der Waals surface area contributed by atoms with Crippen LogP contribution in [0.15, 0.2) is 0 Å². The van der Waals surface area contributed by atoms with E-state index < -0.39 is 0 Å². The lowest BCUT2D eigenvalue weighted by atomic mass is 10.0. The van der Waals surface area contributed by atoms with Crippen LogP contribution in [0.25, 0.3) is 0 Å². The zero-order valence-corrected chi connectivity index (χ0v) is 12.2. The molecule has 0 bridgehead atoms. The van der Waals surface area contributed by atoms with Gasteiger partial charge in [-0.15, -0.1) is 0 Å². The predicted octanol–water partition coefficient (Wildman–Crippen LogP) is 3.67. The summed E-state index contributed by atoms with van der Waals surface area (Å²) in [4.78, 5) is 7.84. The van der Waals surface area contributed by atoms with Gasteiger partial charge in [-0.05, 0) is 33.6 Å². The van der Waals surface area contributed by atoms with Crippen LogP contribution < -0.4 is 0 Å². The molecule has 0 saturated carbocycles. The number of nitrogens with zero attached hydrogens (tertiary/aromatic N) is 1. The van der Waals surface area contributed by atoms with Crippen LogP contribution in [0.2, 0.25) is 0 Å². The molecule has 1 heterocycles. The predicted molar refractivity (Wildman–Crippen MR) is 72.8 cm³/mol. The van der Waals surface area contributed by atoms with Gasteiger partial charge in [0.25, 0.3) is 0 Å². The lowest BCUT2D eigenvalue weighted by Gasteiger charge is -2.27. The number of aromatic amines is 1. The Kier molecular flexibility index (Phi) is 4.83. The molecule has 3 nitrogen and oxygen atoms in total. The van der Waals surface area contributed by atoms with Crippen molar-refractivity contribution in [1.82, 2.24) is 9.97 Å². The SMILES string of the molecule is CCOC(C)(CC)c1nc(=S)c(CC)c(C)[nH]1. The van der Waals surface area contributed by atoms with Crippen LogP contribution in [0.4, 0.5) is 0 Å². The Labute approximate surface area is 109 Å². The highest BCUT2D eigenvalue weighted by atomic mass is 32.1. The van der Waals surface area contributed by atoms with E-state index in [2.05, 4.69) is 30.7 Å². The Hall–Kier alpha value is -0.740. The van der Waals surface area contributed by atoms with Gasteiger partial charge in [-0.2, -0.15) is 0 Å². The molecule has 0 aliphatic carbocycles. The molecule has 1 aromatic heterocycles. The molecule has 1 atom stereocenters. The molecule has 0 aliphatic rings. The van der Waals surface area contributed by atoms with Crippen LogP contribution in [-0.4, -0.2) is 16.6 Å². The average Bonchev–Trinajstić information content (AvgIpc) is 2.28. The number of rotatable bonds is 5. The Balaban J connectivity index is 3.28. The summed E-state index contributed by atoms with van der Waals surface area (Å²) in [7, 11) is 0. The Bertz CT molecular complexity index is 442. The molecule has 96 valence electrons. The third-order valence-corrected chi connectivity index (χ3v) is 3.56. The van der Waals surface area contributed by atoms with Crippen LogP contribution in [0.1, 0.15) is 51.2 Å². The van der Waals surface area contributed by atoms with E-state index in [9.17, 15) is 0 Å². The van der Waals surface area contributed by atoms with Crippen molar-refractivity contribution in [3.63, 3.8) is 0 Å². The molecular formula is C13H22N2OS. The minimum atomic E-state index is -0.376. The lowest BCUT2D eigenvalue weighted by Crippen LogP contribution is -2.28. The van der Waals surface area contributed by atoms with Gasteiger partial charge in [0.05, 0.1) is 0 Å². The molecule has 0 saturated heterocycles. The highest BCUT2D eigenvalue weighted by Crippen LogP contribution is 2.26. The molecule has 0 aliphatic heterocycles. The van der Waals surface area contributed by atoms with E-state index in [0.717, 1.165) is 29.9 Å². The molecule has 0 amide bonds. The number of nitrogens with one attached hydrogen (secondary N) is 1. The van der Waals surface area contributed by atoms with Gasteiger partial charge in [-0.3, -0.25) is 0 Å². The summed E-state index contributed by atoms with van der Waals surface area (Å²) >= 11 is 5.34. The van der Waals surface area contributed by atoms with Crippen LogP contribution in [0, 0.1) is 11.6 Å². The van der Waals surface area contributed by atoms with E-state index in [1.165, 1.54) is 0 Å². The van der Waals surface area contributed by atoms with Crippen LogP contribution >= 0.6 is 12.2 Å². The van der Waals surface area contributed by atoms with Gasteiger partial charge in [0.1, 0.15) is 16.1 Å². The summed E-state index contributed by atoms with van der Waals surface area (Å²) in [5, 5.41) is 0. The first-order chi connectivity index (χ1) is 7.98. The second-order valence-electron chi connectivity index (χ2n) is 4.37. The molecule has 1 unspecified atom stereocenters. The first-order valence-corrected chi connectivity index (χ1v) is 6.63. The summed E-state index contributed by atoms with van der Waals surface area (Å²) in [6.07, 6.45) is 1.77. The number of aryl methyl sites for hydroxylation is 1. The van der Waals surface area contributed by atoms with Crippen LogP contribution in [-0.2, 0) is 16.8 Å². The molecule has 0 aromatic carbocycles. The monoisotopic (exact) mass is 254 g/mol. The molecule has 0 radical (unpaired) electrons. The Morgan fingerprint density at radius 1 is 1.35 bits per heavy atom. The average molecular weight is 254 g/mol. The minimum absolute atomic E-state index is 0.376. The van der Waals surface area contributed by atoms with E-state index in [1.807, 2.05) is 13.8 Å². The van der Waals surface area contributed by atoms with Gasteiger partial charge >= 0.3 is 0 Å². The topological polar surface area (TPSA) is 37.9 Å². The quantitative estimate of drug-likeness (QED) is 0.815. The fourth-order valence-electron chi connectivity index (χ4n) is 1.93. The molecule has 1 rings (SSSR count). The summed E-state index contributed by atoms with van der Waals surface area (Å²) in [6, 6.07) is 0. The van der Waals surface area contributed by atoms with E-state index in [1.54, 1.807) is 0 Å². The van der Waals surface area contributed by atoms with Gasteiger partial charge < -0.3 is 9.72 Å². The summed E-state index contributed by atoms with van der Waals surface area (Å²) in [6.45, 7) is 10.9. The second kappa shape index (κ2) is 5.74. The smallest absolute Gasteiger partial charge is 0.140 e. The number of aromatic nitrogens is 2. The maximum atomic E-state index is 5.81. The summed E-state index contributed by atoms with van der Waals surface area (Å²) in [5.74, 6) is 0.835. The van der Waals surface area contributed by atoms with Crippen molar-refractivity contribution in [1.29, 1.82) is 0 Å². The Morgan fingerprint density at radius 2 is 2.00 bits per heavy atom. The molecular weight excluding hydrogens is 232 g/mol. The highest BCUT2D eigenvalue weighted by Gasteiger charge is 2.28. The zero-order valence-electron chi connectivity index (χ0n) is 11.4. The van der Waals surface area contributed by atoms with Gasteiger partial charge in [0.15, 0.2) is 0 Å². The van der Waals surface area contributed by atoms with E-state index in [0.29, 0.717) is 11.2 Å². The number of H-pyrrole nitrogens is 1. The van der Waals surface area contributed by atoms with Gasteiger partial charge in [-0.1, -0.05) is 26.1 Å². The second-order valence-corrected chi connectivity index (χ2v) is 4.75. The Morgan fingerprint density at radius 3 is 2.41 bits per heavy atom. The number of ether oxygens (including phenoxy) is 1. The van der Waals surface area contributed by atoms with Gasteiger partial charge in [0.2, 0.25) is 0 Å². The third-order valence-electron chi connectivity index (χ3n) is 3.22. The largest absolute Gasteiger partial charge is 0.368 e. The van der Waals surface area contributed by atoms with Crippen molar-refractivity contribution >= 4 is 12.2 Å². The van der Waals surface area contributed by atoms with Crippen molar-refractivity contribution in [2.75, 3.05) is 6.61 Å². The van der Waals surface area contributed by atoms with Crippen molar-refractivity contribution in [2.24, 2.45) is 0 Å². The maximum Gasteiger partial charge on any atom is 0.140 e. The van der Waals surface area contributed by atoms with Crippen molar-refractivity contribution in [2.45, 2.75) is 53.1 Å². The first-order valence-electron chi connectivity index (χ1n) is 6.22. The van der Waals surface area contributed by atoms with Gasteiger partial charge in [0, 0.05) is 17.9 Å². The van der Waals surface area contributed by atoms with Crippen molar-refractivity contribution in [3.8, 4) is 0 Å². The molecule has 4 heteroatoms. The standard InChI is InChI=1S/C13H22N2OS/c1-6-10-9(4)14-12(15-11(10)17)13(5,7-2)16-8-3/h6-8H2,1-5H3,(H,14,15,17). The first kappa shape index (κ1) is 14.3. The number of hydrogen-bond acceptors (Lipinski definition) is 3. The fourth-order valence-corrected chi connectivity index (χ4v) is 2.32. The van der Waals surface area contributed by atoms with Crippen molar-refractivity contribution < 1.29 is 4.74 Å². The highest BCUT2D eigenvalue weighted by molar-refractivity contribution is 7.71. The molecule has 17 heavy (non-hydrogen) atoms. The zero-order chi connectivity index (χ0) is 13.1. The molecule has 0 fully saturated rings. The molecule has 0 spiro atoms. The fraction of sp³-hybridized carbons (Fsp3) is 0.692. The van der Waals surface area contributed by atoms with Crippen LogP contribution in [0.3, 0.4) is 0 Å². The summed E-state index contributed by atoms with van der Waals surface area (Å²) in [5.41, 5.74) is 1.85. The van der Waals surface area contributed by atoms with Gasteiger partial charge in [-0.25, -0.2) is 4.98 Å². The lowest BCUT2D eigenvalue weighted by molar-refractivity contribution is -0.0392. The molecule has 1 aromatic rings. The molecule has 1 N–H and O–H groups in total. The van der Waals surface area contributed by atoms with Crippen LogP contribution in [0.5, 0.6) is 0 Å².